The monoisotopic (exact) mass is 381 g/mol. The number of benzene rings is 2. The van der Waals surface area contributed by atoms with Crippen molar-refractivity contribution in [3.05, 3.63) is 63.2 Å². The van der Waals surface area contributed by atoms with Crippen LogP contribution in [0, 0.1) is 11.3 Å². The first-order chi connectivity index (χ1) is 13.0. The van der Waals surface area contributed by atoms with Crippen LogP contribution in [0.3, 0.4) is 0 Å². The molecule has 132 valence electrons. The molecule has 2 N–H and O–H groups in total. The van der Waals surface area contributed by atoms with Crippen LogP contribution in [0.1, 0.15) is 16.1 Å². The molecule has 2 aromatic heterocycles. The van der Waals surface area contributed by atoms with Crippen LogP contribution in [0.15, 0.2) is 50.2 Å². The maximum absolute atomic E-state index is 12.7. The number of aromatic amines is 1. The summed E-state index contributed by atoms with van der Waals surface area (Å²) in [5.41, 5.74) is 1.35. The van der Waals surface area contributed by atoms with Crippen molar-refractivity contribution in [3.8, 4) is 17.5 Å². The first-order valence-electron chi connectivity index (χ1n) is 7.52. The highest BCUT2D eigenvalue weighted by atomic mass is 35.5. The Balaban J connectivity index is 1.74. The van der Waals surface area contributed by atoms with E-state index in [2.05, 4.69) is 25.1 Å². The lowest BCUT2D eigenvalue weighted by atomic mass is 10.1. The lowest BCUT2D eigenvalue weighted by molar-refractivity contribution is 0.102. The van der Waals surface area contributed by atoms with Crippen molar-refractivity contribution in [1.82, 2.24) is 15.3 Å². The van der Waals surface area contributed by atoms with Gasteiger partial charge in [-0.1, -0.05) is 21.9 Å². The van der Waals surface area contributed by atoms with Crippen molar-refractivity contribution in [1.29, 1.82) is 5.26 Å². The molecule has 0 saturated carbocycles. The fraction of sp³-hybridized carbons (Fsp3) is 0. The average molecular weight is 382 g/mol. The molecule has 0 aliphatic rings. The van der Waals surface area contributed by atoms with Gasteiger partial charge in [0.25, 0.3) is 5.91 Å². The van der Waals surface area contributed by atoms with E-state index in [-0.39, 0.29) is 11.5 Å². The first-order valence-corrected chi connectivity index (χ1v) is 7.90. The molecular weight excluding hydrogens is 374 g/mol. The number of nitrogens with zero attached hydrogens (tertiary/aromatic N) is 3. The fourth-order valence-electron chi connectivity index (χ4n) is 2.52. The molecular formula is C17H8ClN5O4. The van der Waals surface area contributed by atoms with E-state index in [0.717, 1.165) is 0 Å². The number of nitriles is 1. The molecule has 0 fully saturated rings. The summed E-state index contributed by atoms with van der Waals surface area (Å²) in [6, 6.07) is 11.3. The Morgan fingerprint density at radius 2 is 2.04 bits per heavy atom. The van der Waals surface area contributed by atoms with Crippen LogP contribution in [0.5, 0.6) is 0 Å². The molecule has 0 radical (unpaired) electrons. The Morgan fingerprint density at radius 3 is 2.78 bits per heavy atom. The summed E-state index contributed by atoms with van der Waals surface area (Å²) in [7, 11) is 0. The molecule has 0 spiro atoms. The van der Waals surface area contributed by atoms with Gasteiger partial charge in [-0.05, 0) is 30.3 Å². The quantitative estimate of drug-likeness (QED) is 0.556. The molecule has 4 rings (SSSR count). The number of aromatic nitrogens is 3. The third kappa shape index (κ3) is 3.05. The molecule has 0 atom stereocenters. The van der Waals surface area contributed by atoms with Crippen LogP contribution in [-0.4, -0.2) is 21.2 Å². The van der Waals surface area contributed by atoms with Crippen LogP contribution in [-0.2, 0) is 0 Å². The number of amides is 1. The zero-order chi connectivity index (χ0) is 19.0. The van der Waals surface area contributed by atoms with E-state index >= 15 is 0 Å². The molecule has 0 saturated heterocycles. The van der Waals surface area contributed by atoms with E-state index in [1.807, 2.05) is 6.07 Å². The summed E-state index contributed by atoms with van der Waals surface area (Å²) < 4.78 is 9.63. The van der Waals surface area contributed by atoms with Gasteiger partial charge in [0.15, 0.2) is 17.1 Å². The maximum atomic E-state index is 12.7. The summed E-state index contributed by atoms with van der Waals surface area (Å²) in [6.45, 7) is 0. The minimum absolute atomic E-state index is 0.0608. The van der Waals surface area contributed by atoms with Gasteiger partial charge in [-0.3, -0.25) is 14.3 Å². The second-order valence-corrected chi connectivity index (χ2v) is 5.88. The second-order valence-electron chi connectivity index (χ2n) is 5.44. The zero-order valence-electron chi connectivity index (χ0n) is 13.3. The molecule has 2 heterocycles. The number of carbonyl (C=O) groups is 1. The van der Waals surface area contributed by atoms with E-state index in [0.29, 0.717) is 32.8 Å². The predicted molar refractivity (Wildman–Crippen MR) is 94.2 cm³/mol. The highest BCUT2D eigenvalue weighted by Gasteiger charge is 2.19. The largest absolute Gasteiger partial charge is 0.439 e. The zero-order valence-corrected chi connectivity index (χ0v) is 14.1. The highest BCUT2D eigenvalue weighted by Crippen LogP contribution is 2.28. The number of hydrogen-bond acceptors (Lipinski definition) is 7. The maximum Gasteiger partial charge on any atom is 0.439 e. The summed E-state index contributed by atoms with van der Waals surface area (Å²) in [5.74, 6) is -1.24. The Bertz CT molecular complexity index is 1280. The van der Waals surface area contributed by atoms with Gasteiger partial charge in [0.05, 0.1) is 22.7 Å². The van der Waals surface area contributed by atoms with Gasteiger partial charge in [-0.15, -0.1) is 0 Å². The van der Waals surface area contributed by atoms with Gasteiger partial charge in [0.2, 0.25) is 0 Å². The van der Waals surface area contributed by atoms with Crippen LogP contribution in [0.25, 0.3) is 22.4 Å². The number of halogens is 1. The number of H-pyrrole nitrogens is 1. The SMILES string of the molecule is N#Cc1ccc(NC(=O)c2noc3cc(Cl)ccc23)c(-c2noc(=O)[nH]2)c1. The van der Waals surface area contributed by atoms with Gasteiger partial charge >= 0.3 is 5.76 Å². The summed E-state index contributed by atoms with van der Waals surface area (Å²) in [5, 5.41) is 20.1. The third-order valence-electron chi connectivity index (χ3n) is 3.74. The minimum atomic E-state index is -0.760. The molecule has 0 aliphatic carbocycles. The summed E-state index contributed by atoms with van der Waals surface area (Å²) >= 11 is 5.90. The van der Waals surface area contributed by atoms with Crippen LogP contribution in [0.4, 0.5) is 5.69 Å². The molecule has 4 aromatic rings. The minimum Gasteiger partial charge on any atom is -0.355 e. The molecule has 0 bridgehead atoms. The van der Waals surface area contributed by atoms with Crippen LogP contribution in [0.2, 0.25) is 5.02 Å². The molecule has 9 nitrogen and oxygen atoms in total. The number of carbonyl (C=O) groups excluding carboxylic acids is 1. The van der Waals surface area contributed by atoms with Gasteiger partial charge in [0.1, 0.15) is 0 Å². The Labute approximate surface area is 155 Å². The summed E-state index contributed by atoms with van der Waals surface area (Å²) in [4.78, 5) is 26.3. The van der Waals surface area contributed by atoms with Crippen molar-refractivity contribution in [2.24, 2.45) is 0 Å². The van der Waals surface area contributed by atoms with Crippen molar-refractivity contribution < 1.29 is 13.8 Å². The van der Waals surface area contributed by atoms with Crippen molar-refractivity contribution in [2.45, 2.75) is 0 Å². The van der Waals surface area contributed by atoms with E-state index in [4.69, 9.17) is 21.4 Å². The predicted octanol–water partition coefficient (Wildman–Crippen LogP) is 2.95. The highest BCUT2D eigenvalue weighted by molar-refractivity contribution is 6.31. The van der Waals surface area contributed by atoms with Gasteiger partial charge in [-0.2, -0.15) is 5.26 Å². The van der Waals surface area contributed by atoms with Crippen molar-refractivity contribution in [3.63, 3.8) is 0 Å². The van der Waals surface area contributed by atoms with Gasteiger partial charge in [-0.25, -0.2) is 4.79 Å². The lowest BCUT2D eigenvalue weighted by Crippen LogP contribution is -2.13. The molecule has 10 heteroatoms. The average Bonchev–Trinajstić information content (AvgIpc) is 3.27. The topological polar surface area (TPSA) is 138 Å². The lowest BCUT2D eigenvalue weighted by Gasteiger charge is -2.08. The smallest absolute Gasteiger partial charge is 0.355 e. The number of fused-ring (bicyclic) bond motifs is 1. The van der Waals surface area contributed by atoms with E-state index in [1.54, 1.807) is 18.2 Å². The van der Waals surface area contributed by atoms with E-state index < -0.39 is 11.7 Å². The Kier molecular flexibility index (Phi) is 3.95. The van der Waals surface area contributed by atoms with E-state index in [1.165, 1.54) is 18.2 Å². The van der Waals surface area contributed by atoms with Crippen molar-refractivity contribution >= 4 is 34.2 Å². The second kappa shape index (κ2) is 6.44. The number of nitrogens with one attached hydrogen (secondary N) is 2. The van der Waals surface area contributed by atoms with Crippen molar-refractivity contribution in [2.75, 3.05) is 5.32 Å². The Hall–Kier alpha value is -3.90. The Morgan fingerprint density at radius 1 is 1.19 bits per heavy atom. The molecule has 0 aliphatic heterocycles. The number of rotatable bonds is 3. The standard InChI is InChI=1S/C17H8ClN5O4/c18-9-2-3-10-13(6-9)26-22-14(10)16(24)20-12-4-1-8(7-19)5-11(12)15-21-17(25)27-23-15/h1-6H,(H,20,24)(H,21,23,25). The normalized spacial score (nSPS) is 10.7. The molecule has 1 amide bonds. The number of anilines is 1. The molecule has 0 unspecified atom stereocenters. The molecule has 27 heavy (non-hydrogen) atoms. The van der Waals surface area contributed by atoms with Crippen LogP contribution >= 0.6 is 11.6 Å². The van der Waals surface area contributed by atoms with E-state index in [9.17, 15) is 9.59 Å². The molecule has 2 aromatic carbocycles. The first kappa shape index (κ1) is 16.6. The number of hydrogen-bond donors (Lipinski definition) is 2. The fourth-order valence-corrected chi connectivity index (χ4v) is 2.68. The third-order valence-corrected chi connectivity index (χ3v) is 3.98. The summed E-state index contributed by atoms with van der Waals surface area (Å²) in [6.07, 6.45) is 0. The van der Waals surface area contributed by atoms with Gasteiger partial charge in [0, 0.05) is 16.7 Å². The van der Waals surface area contributed by atoms with Gasteiger partial charge < -0.3 is 9.84 Å². The van der Waals surface area contributed by atoms with Crippen LogP contribution < -0.4 is 11.1 Å².